The highest BCUT2D eigenvalue weighted by atomic mass is 35.5. The maximum Gasteiger partial charge on any atom is 0.412 e. The predicted octanol–water partition coefficient (Wildman–Crippen LogP) is 6.10. The van der Waals surface area contributed by atoms with Crippen molar-refractivity contribution in [3.63, 3.8) is 0 Å². The number of aromatic amines is 1. The number of hydrogen-bond acceptors (Lipinski definition) is 2. The number of anilines is 1. The van der Waals surface area contributed by atoms with E-state index in [1.807, 2.05) is 30.3 Å². The van der Waals surface area contributed by atoms with E-state index >= 15 is 0 Å². The van der Waals surface area contributed by atoms with E-state index in [1.54, 1.807) is 0 Å². The zero-order valence-corrected chi connectivity index (χ0v) is 14.1. The lowest BCUT2D eigenvalue weighted by molar-refractivity contribution is -0.144. The second-order valence-electron chi connectivity index (χ2n) is 5.33. The Labute approximate surface area is 151 Å². The SMILES string of the molecule is FC(F)(F)C(Nc1cc(-c2ccccc2)[nH]n1)c1ccc(Cl)c(Cl)c1. The van der Waals surface area contributed by atoms with E-state index in [-0.39, 0.29) is 21.4 Å². The number of aromatic nitrogens is 2. The summed E-state index contributed by atoms with van der Waals surface area (Å²) in [4.78, 5) is 0. The first-order chi connectivity index (χ1) is 11.8. The summed E-state index contributed by atoms with van der Waals surface area (Å²) in [5, 5.41) is 9.29. The van der Waals surface area contributed by atoms with Gasteiger partial charge in [0.1, 0.15) is 11.9 Å². The van der Waals surface area contributed by atoms with Crippen molar-refractivity contribution in [2.75, 3.05) is 5.32 Å². The second kappa shape index (κ2) is 6.98. The van der Waals surface area contributed by atoms with Crippen molar-refractivity contribution < 1.29 is 13.2 Å². The van der Waals surface area contributed by atoms with E-state index in [9.17, 15) is 13.2 Å². The van der Waals surface area contributed by atoms with Crippen molar-refractivity contribution in [3.8, 4) is 11.3 Å². The molecule has 1 aromatic heterocycles. The van der Waals surface area contributed by atoms with Crippen LogP contribution in [0.1, 0.15) is 11.6 Å². The molecule has 0 saturated carbocycles. The largest absolute Gasteiger partial charge is 0.412 e. The number of benzene rings is 2. The van der Waals surface area contributed by atoms with E-state index in [4.69, 9.17) is 23.2 Å². The van der Waals surface area contributed by atoms with Crippen molar-refractivity contribution in [1.29, 1.82) is 0 Å². The molecule has 25 heavy (non-hydrogen) atoms. The van der Waals surface area contributed by atoms with Gasteiger partial charge in [0.2, 0.25) is 0 Å². The normalized spacial score (nSPS) is 12.8. The van der Waals surface area contributed by atoms with Crippen LogP contribution in [0.3, 0.4) is 0 Å². The number of nitrogens with one attached hydrogen (secondary N) is 2. The topological polar surface area (TPSA) is 40.7 Å². The highest BCUT2D eigenvalue weighted by Gasteiger charge is 2.41. The standard InChI is InChI=1S/C17H12Cl2F3N3/c18-12-7-6-11(8-13(12)19)16(17(20,21)22)23-15-9-14(24-25-15)10-4-2-1-3-5-10/h1-9,16H,(H2,23,24,25). The summed E-state index contributed by atoms with van der Waals surface area (Å²) in [7, 11) is 0. The van der Waals surface area contributed by atoms with Gasteiger partial charge in [0, 0.05) is 6.07 Å². The fourth-order valence-electron chi connectivity index (χ4n) is 2.36. The predicted molar refractivity (Wildman–Crippen MR) is 92.9 cm³/mol. The molecular weight excluding hydrogens is 374 g/mol. The number of rotatable bonds is 4. The van der Waals surface area contributed by atoms with Crippen LogP contribution in [0.15, 0.2) is 54.6 Å². The van der Waals surface area contributed by atoms with E-state index in [2.05, 4.69) is 15.5 Å². The smallest absolute Gasteiger partial charge is 0.354 e. The average molecular weight is 386 g/mol. The molecule has 0 aliphatic rings. The molecule has 0 saturated heterocycles. The van der Waals surface area contributed by atoms with Crippen molar-refractivity contribution in [1.82, 2.24) is 10.2 Å². The summed E-state index contributed by atoms with van der Waals surface area (Å²) in [6.07, 6.45) is -4.54. The Bertz CT molecular complexity index is 863. The Morgan fingerprint density at radius 2 is 1.68 bits per heavy atom. The minimum Gasteiger partial charge on any atom is -0.354 e. The van der Waals surface area contributed by atoms with Gasteiger partial charge in [-0.2, -0.15) is 18.3 Å². The van der Waals surface area contributed by atoms with Crippen LogP contribution in [0, 0.1) is 0 Å². The van der Waals surface area contributed by atoms with Crippen LogP contribution in [0.4, 0.5) is 19.0 Å². The van der Waals surface area contributed by atoms with E-state index < -0.39 is 12.2 Å². The molecule has 1 unspecified atom stereocenters. The maximum absolute atomic E-state index is 13.5. The number of alkyl halides is 3. The summed E-state index contributed by atoms with van der Waals surface area (Å²) in [5.41, 5.74) is 1.38. The Balaban J connectivity index is 1.89. The van der Waals surface area contributed by atoms with Gasteiger partial charge >= 0.3 is 6.18 Å². The fourth-order valence-corrected chi connectivity index (χ4v) is 2.66. The molecule has 8 heteroatoms. The molecule has 0 radical (unpaired) electrons. The molecule has 3 nitrogen and oxygen atoms in total. The summed E-state index contributed by atoms with van der Waals surface area (Å²) < 4.78 is 40.4. The Hall–Kier alpha value is -2.18. The minimum atomic E-state index is -4.54. The number of hydrogen-bond donors (Lipinski definition) is 2. The van der Waals surface area contributed by atoms with Gasteiger partial charge < -0.3 is 5.32 Å². The van der Waals surface area contributed by atoms with Crippen LogP contribution in [0.2, 0.25) is 10.0 Å². The molecule has 0 aliphatic carbocycles. The molecule has 2 aromatic carbocycles. The quantitative estimate of drug-likeness (QED) is 0.569. The lowest BCUT2D eigenvalue weighted by Gasteiger charge is -2.22. The van der Waals surface area contributed by atoms with Gasteiger partial charge in [-0.15, -0.1) is 0 Å². The van der Waals surface area contributed by atoms with Gasteiger partial charge in [-0.1, -0.05) is 59.6 Å². The zero-order valence-electron chi connectivity index (χ0n) is 12.6. The molecule has 1 atom stereocenters. The minimum absolute atomic E-state index is 0.0499. The molecular formula is C17H12Cl2F3N3. The van der Waals surface area contributed by atoms with Crippen molar-refractivity contribution >= 4 is 29.0 Å². The summed E-state index contributed by atoms with van der Waals surface area (Å²) >= 11 is 11.6. The molecule has 0 aliphatic heterocycles. The number of H-pyrrole nitrogens is 1. The lowest BCUT2D eigenvalue weighted by atomic mass is 10.1. The van der Waals surface area contributed by atoms with Crippen LogP contribution < -0.4 is 5.32 Å². The molecule has 2 N–H and O–H groups in total. The average Bonchev–Trinajstić information content (AvgIpc) is 3.04. The highest BCUT2D eigenvalue weighted by molar-refractivity contribution is 6.42. The third kappa shape index (κ3) is 4.08. The van der Waals surface area contributed by atoms with E-state index in [0.717, 1.165) is 5.56 Å². The fraction of sp³-hybridized carbons (Fsp3) is 0.118. The number of halogens is 5. The first kappa shape index (κ1) is 17.6. The highest BCUT2D eigenvalue weighted by Crippen LogP contribution is 2.37. The van der Waals surface area contributed by atoms with Gasteiger partial charge in [-0.3, -0.25) is 5.10 Å². The van der Waals surface area contributed by atoms with Gasteiger partial charge in [0.15, 0.2) is 0 Å². The number of nitrogens with zero attached hydrogens (tertiary/aromatic N) is 1. The van der Waals surface area contributed by atoms with Crippen LogP contribution in [0.25, 0.3) is 11.3 Å². The Morgan fingerprint density at radius 1 is 0.960 bits per heavy atom. The Kier molecular flexibility index (Phi) is 4.92. The lowest BCUT2D eigenvalue weighted by Crippen LogP contribution is -2.28. The molecule has 0 fully saturated rings. The van der Waals surface area contributed by atoms with Crippen LogP contribution in [-0.2, 0) is 0 Å². The van der Waals surface area contributed by atoms with Gasteiger partial charge in [0.05, 0.1) is 15.7 Å². The molecule has 0 amide bonds. The first-order valence-electron chi connectivity index (χ1n) is 7.23. The van der Waals surface area contributed by atoms with Gasteiger partial charge in [-0.25, -0.2) is 0 Å². The molecule has 0 spiro atoms. The first-order valence-corrected chi connectivity index (χ1v) is 7.99. The molecule has 1 heterocycles. The third-order valence-corrected chi connectivity index (χ3v) is 4.30. The van der Waals surface area contributed by atoms with Crippen molar-refractivity contribution in [2.45, 2.75) is 12.2 Å². The second-order valence-corrected chi connectivity index (χ2v) is 6.14. The zero-order chi connectivity index (χ0) is 18.0. The van der Waals surface area contributed by atoms with E-state index in [1.165, 1.54) is 24.3 Å². The van der Waals surface area contributed by atoms with E-state index in [0.29, 0.717) is 5.69 Å². The van der Waals surface area contributed by atoms with Crippen LogP contribution in [0.5, 0.6) is 0 Å². The van der Waals surface area contributed by atoms with Gasteiger partial charge in [-0.05, 0) is 23.3 Å². The summed E-state index contributed by atoms with van der Waals surface area (Å²) in [6.45, 7) is 0. The van der Waals surface area contributed by atoms with Crippen LogP contribution in [-0.4, -0.2) is 16.4 Å². The van der Waals surface area contributed by atoms with Crippen molar-refractivity contribution in [2.24, 2.45) is 0 Å². The monoisotopic (exact) mass is 385 g/mol. The Morgan fingerprint density at radius 3 is 2.32 bits per heavy atom. The molecule has 3 aromatic rings. The van der Waals surface area contributed by atoms with Gasteiger partial charge in [0.25, 0.3) is 0 Å². The third-order valence-electron chi connectivity index (χ3n) is 3.56. The van der Waals surface area contributed by atoms with Crippen molar-refractivity contribution in [3.05, 3.63) is 70.2 Å². The maximum atomic E-state index is 13.5. The van der Waals surface area contributed by atoms with Crippen LogP contribution >= 0.6 is 23.2 Å². The summed E-state index contributed by atoms with van der Waals surface area (Å²) in [6, 6.07) is 12.5. The summed E-state index contributed by atoms with van der Waals surface area (Å²) in [5.74, 6) is 0.0762. The molecule has 3 rings (SSSR count). The molecule has 130 valence electrons. The molecule has 0 bridgehead atoms.